The fourth-order valence-electron chi connectivity index (χ4n) is 5.04. The summed E-state index contributed by atoms with van der Waals surface area (Å²) in [4.78, 5) is 34.7. The van der Waals surface area contributed by atoms with Crippen molar-refractivity contribution in [2.24, 2.45) is 0 Å². The van der Waals surface area contributed by atoms with Gasteiger partial charge in [-0.25, -0.2) is 0 Å². The summed E-state index contributed by atoms with van der Waals surface area (Å²) in [5.41, 5.74) is 0. The zero-order chi connectivity index (χ0) is 32.4. The minimum atomic E-state index is -1.03. The predicted molar refractivity (Wildman–Crippen MR) is 185 cm³/mol. The van der Waals surface area contributed by atoms with Gasteiger partial charge in [-0.2, -0.15) is 0 Å². The average molecular weight is 618 g/mol. The molecule has 1 unspecified atom stereocenters. The molecule has 1 atom stereocenters. The molecule has 0 aromatic heterocycles. The molecule has 0 aliphatic carbocycles. The van der Waals surface area contributed by atoms with E-state index >= 15 is 0 Å². The second-order valence-corrected chi connectivity index (χ2v) is 12.1. The SMILES string of the molecule is CCCCC/C=C\C(CCCCCCC(=O)NCC(=O)O)OC(=O)CCCCCCCCC/C=C\C/C=C\CCCCCC. The van der Waals surface area contributed by atoms with Crippen LogP contribution in [0, 0.1) is 0 Å². The van der Waals surface area contributed by atoms with Crippen LogP contribution in [0.15, 0.2) is 36.5 Å². The minimum absolute atomic E-state index is 0.0959. The van der Waals surface area contributed by atoms with Crippen LogP contribution in [0.1, 0.15) is 174 Å². The van der Waals surface area contributed by atoms with Crippen molar-refractivity contribution in [3.63, 3.8) is 0 Å². The molecule has 0 bridgehead atoms. The van der Waals surface area contributed by atoms with Crippen molar-refractivity contribution in [2.45, 2.75) is 180 Å². The quantitative estimate of drug-likeness (QED) is 0.0445. The van der Waals surface area contributed by atoms with E-state index in [1.54, 1.807) is 0 Å². The van der Waals surface area contributed by atoms with Crippen LogP contribution in [-0.2, 0) is 19.1 Å². The summed E-state index contributed by atoms with van der Waals surface area (Å²) in [6.07, 6.45) is 40.0. The number of aliphatic carboxylic acids is 1. The van der Waals surface area contributed by atoms with Gasteiger partial charge in [0.1, 0.15) is 12.6 Å². The molecule has 0 saturated carbocycles. The Kier molecular flexibility index (Phi) is 31.7. The lowest BCUT2D eigenvalue weighted by Crippen LogP contribution is -2.28. The van der Waals surface area contributed by atoms with E-state index in [0.717, 1.165) is 64.2 Å². The number of esters is 1. The van der Waals surface area contributed by atoms with Crippen molar-refractivity contribution in [3.8, 4) is 0 Å². The van der Waals surface area contributed by atoms with Crippen LogP contribution in [0.5, 0.6) is 0 Å². The molecule has 1 amide bonds. The van der Waals surface area contributed by atoms with Gasteiger partial charge in [-0.05, 0) is 76.7 Å². The smallest absolute Gasteiger partial charge is 0.322 e. The van der Waals surface area contributed by atoms with Crippen molar-refractivity contribution in [1.82, 2.24) is 5.32 Å². The fourth-order valence-corrected chi connectivity index (χ4v) is 5.04. The van der Waals surface area contributed by atoms with Crippen molar-refractivity contribution in [2.75, 3.05) is 6.54 Å². The van der Waals surface area contributed by atoms with Crippen molar-refractivity contribution < 1.29 is 24.2 Å². The molecule has 0 aliphatic heterocycles. The second kappa shape index (κ2) is 33.5. The summed E-state index contributed by atoms with van der Waals surface area (Å²) in [6.45, 7) is 4.12. The Morgan fingerprint density at radius 2 is 1.11 bits per heavy atom. The molecule has 6 heteroatoms. The number of carbonyl (C=O) groups is 3. The first-order chi connectivity index (χ1) is 21.5. The molecule has 0 heterocycles. The highest BCUT2D eigenvalue weighted by molar-refractivity contribution is 5.80. The molecule has 254 valence electrons. The lowest BCUT2D eigenvalue weighted by atomic mass is 10.1. The van der Waals surface area contributed by atoms with Gasteiger partial charge in [0.25, 0.3) is 0 Å². The number of nitrogens with one attached hydrogen (secondary N) is 1. The third-order valence-corrected chi connectivity index (χ3v) is 7.77. The highest BCUT2D eigenvalue weighted by Crippen LogP contribution is 2.15. The molecule has 0 fully saturated rings. The van der Waals surface area contributed by atoms with Crippen LogP contribution in [0.3, 0.4) is 0 Å². The van der Waals surface area contributed by atoms with E-state index in [1.807, 2.05) is 0 Å². The Balaban J connectivity index is 3.97. The van der Waals surface area contributed by atoms with Gasteiger partial charge < -0.3 is 15.2 Å². The van der Waals surface area contributed by atoms with Gasteiger partial charge in [0, 0.05) is 12.8 Å². The Morgan fingerprint density at radius 1 is 0.614 bits per heavy atom. The van der Waals surface area contributed by atoms with Gasteiger partial charge in [0.05, 0.1) is 0 Å². The first-order valence-corrected chi connectivity index (χ1v) is 18.1. The van der Waals surface area contributed by atoms with Crippen molar-refractivity contribution >= 4 is 17.8 Å². The lowest BCUT2D eigenvalue weighted by molar-refractivity contribution is -0.147. The lowest BCUT2D eigenvalue weighted by Gasteiger charge is -2.15. The average Bonchev–Trinajstić information content (AvgIpc) is 3.00. The summed E-state index contributed by atoms with van der Waals surface area (Å²) in [7, 11) is 0. The van der Waals surface area contributed by atoms with Gasteiger partial charge in [0.15, 0.2) is 0 Å². The molecule has 0 aromatic carbocycles. The molecule has 0 aliphatic rings. The second-order valence-electron chi connectivity index (χ2n) is 12.1. The van der Waals surface area contributed by atoms with Crippen LogP contribution < -0.4 is 5.32 Å². The zero-order valence-corrected chi connectivity index (χ0v) is 28.5. The number of hydrogen-bond donors (Lipinski definition) is 2. The minimum Gasteiger partial charge on any atom is -0.480 e. The Labute approximate surface area is 270 Å². The predicted octanol–water partition coefficient (Wildman–Crippen LogP) is 10.6. The number of carbonyl (C=O) groups excluding carboxylic acids is 2. The van der Waals surface area contributed by atoms with Gasteiger partial charge in [-0.15, -0.1) is 0 Å². The molecule has 0 aromatic rings. The first kappa shape index (κ1) is 41.6. The number of ether oxygens (including phenoxy) is 1. The van der Waals surface area contributed by atoms with E-state index < -0.39 is 5.97 Å². The van der Waals surface area contributed by atoms with Gasteiger partial charge in [-0.1, -0.05) is 121 Å². The van der Waals surface area contributed by atoms with Crippen LogP contribution >= 0.6 is 0 Å². The van der Waals surface area contributed by atoms with Crippen molar-refractivity contribution in [1.29, 1.82) is 0 Å². The van der Waals surface area contributed by atoms with Gasteiger partial charge >= 0.3 is 11.9 Å². The standard InChI is InChI=1S/C38H67NO5/c1-3-5-7-9-10-11-12-13-14-15-16-17-18-19-20-21-23-29-33-38(43)44-35(30-26-22-8-6-4-2)31-27-24-25-28-32-36(40)39-34-37(41)42/h11-12,14-15,26,30,35H,3-10,13,16-25,27-29,31-34H2,1-2H3,(H,39,40)(H,41,42)/b12-11-,15-14-,30-26-. The number of carboxylic acid groups (broad SMARTS) is 1. The summed E-state index contributed by atoms with van der Waals surface area (Å²) < 4.78 is 5.83. The topological polar surface area (TPSA) is 92.7 Å². The Morgan fingerprint density at radius 3 is 1.75 bits per heavy atom. The van der Waals surface area contributed by atoms with E-state index in [2.05, 4.69) is 55.6 Å². The molecule has 2 N–H and O–H groups in total. The number of carboxylic acids is 1. The maximum Gasteiger partial charge on any atom is 0.322 e. The molecule has 0 spiro atoms. The maximum atomic E-state index is 12.5. The molecule has 44 heavy (non-hydrogen) atoms. The highest BCUT2D eigenvalue weighted by atomic mass is 16.5. The third kappa shape index (κ3) is 32.5. The van der Waals surface area contributed by atoms with E-state index in [9.17, 15) is 14.4 Å². The summed E-state index contributed by atoms with van der Waals surface area (Å²) >= 11 is 0. The maximum absolute atomic E-state index is 12.5. The van der Waals surface area contributed by atoms with Crippen LogP contribution in [0.25, 0.3) is 0 Å². The fraction of sp³-hybridized carbons (Fsp3) is 0.763. The number of hydrogen-bond acceptors (Lipinski definition) is 4. The largest absolute Gasteiger partial charge is 0.480 e. The van der Waals surface area contributed by atoms with Crippen molar-refractivity contribution in [3.05, 3.63) is 36.5 Å². The molecular formula is C38H67NO5. The van der Waals surface area contributed by atoms with Gasteiger partial charge in [-0.3, -0.25) is 14.4 Å². The highest BCUT2D eigenvalue weighted by Gasteiger charge is 2.12. The normalized spacial score (nSPS) is 12.4. The van der Waals surface area contributed by atoms with E-state index in [-0.39, 0.29) is 24.5 Å². The van der Waals surface area contributed by atoms with E-state index in [1.165, 1.54) is 83.5 Å². The summed E-state index contributed by atoms with van der Waals surface area (Å²) in [5, 5.41) is 11.0. The van der Waals surface area contributed by atoms with Crippen LogP contribution in [0.4, 0.5) is 0 Å². The number of rotatable bonds is 32. The molecule has 0 rings (SSSR count). The summed E-state index contributed by atoms with van der Waals surface area (Å²) in [6, 6.07) is 0. The van der Waals surface area contributed by atoms with E-state index in [0.29, 0.717) is 12.8 Å². The number of amides is 1. The Bertz CT molecular complexity index is 773. The molecule has 6 nitrogen and oxygen atoms in total. The zero-order valence-electron chi connectivity index (χ0n) is 28.5. The van der Waals surface area contributed by atoms with Crippen LogP contribution in [-0.4, -0.2) is 35.6 Å². The number of allylic oxidation sites excluding steroid dienone is 5. The third-order valence-electron chi connectivity index (χ3n) is 7.77. The molecular weight excluding hydrogens is 550 g/mol. The number of unbranched alkanes of at least 4 members (excludes halogenated alkanes) is 17. The van der Waals surface area contributed by atoms with Gasteiger partial charge in [0.2, 0.25) is 5.91 Å². The molecule has 0 saturated heterocycles. The molecule has 0 radical (unpaired) electrons. The first-order valence-electron chi connectivity index (χ1n) is 18.1. The Hall–Kier alpha value is -2.37. The van der Waals surface area contributed by atoms with E-state index in [4.69, 9.17) is 9.84 Å². The monoisotopic (exact) mass is 618 g/mol. The summed E-state index contributed by atoms with van der Waals surface area (Å²) in [5.74, 6) is -1.34. The van der Waals surface area contributed by atoms with Crippen LogP contribution in [0.2, 0.25) is 0 Å².